The number of carbonyl (C=O) groups is 1. The van der Waals surface area contributed by atoms with Crippen LogP contribution in [0.2, 0.25) is 0 Å². The molecule has 0 atom stereocenters. The van der Waals surface area contributed by atoms with Gasteiger partial charge in [-0.3, -0.25) is 0 Å². The van der Waals surface area contributed by atoms with Crippen LogP contribution < -0.4 is 15.2 Å². The Kier molecular flexibility index (Phi) is 4.68. The molecule has 0 aliphatic heterocycles. The number of aryl methyl sites for hydroxylation is 1. The first-order chi connectivity index (χ1) is 10.8. The number of nitrogen functional groups attached to an aromatic ring is 1. The van der Waals surface area contributed by atoms with Crippen LogP contribution >= 0.6 is 0 Å². The topological polar surface area (TPSA) is 108 Å². The van der Waals surface area contributed by atoms with Gasteiger partial charge in [0.2, 0.25) is 0 Å². The lowest BCUT2D eigenvalue weighted by atomic mass is 9.99. The van der Waals surface area contributed by atoms with E-state index in [-0.39, 0.29) is 28.8 Å². The second kappa shape index (κ2) is 6.51. The molecule has 0 aliphatic carbocycles. The largest absolute Gasteiger partial charge is 0.496 e. The summed E-state index contributed by atoms with van der Waals surface area (Å²) in [4.78, 5) is 19.5. The molecule has 0 saturated heterocycles. The number of nitrogens with zero attached hydrogens (tertiary/aromatic N) is 2. The van der Waals surface area contributed by atoms with Gasteiger partial charge in [-0.25, -0.2) is 14.8 Å². The normalized spacial score (nSPS) is 10.7. The molecular formula is C16H19N3O4. The van der Waals surface area contributed by atoms with Crippen LogP contribution in [0.4, 0.5) is 5.82 Å². The SMILES string of the molecule is COc1cc(C(C)C)c(Oc2cnc(C)nc2N)cc1C(=O)O. The van der Waals surface area contributed by atoms with Gasteiger partial charge < -0.3 is 20.3 Å². The Morgan fingerprint density at radius 2 is 1.96 bits per heavy atom. The van der Waals surface area contributed by atoms with Gasteiger partial charge in [0.1, 0.15) is 22.9 Å². The highest BCUT2D eigenvalue weighted by molar-refractivity contribution is 5.91. The maximum atomic E-state index is 11.4. The summed E-state index contributed by atoms with van der Waals surface area (Å²) in [6, 6.07) is 3.09. The van der Waals surface area contributed by atoms with E-state index in [1.165, 1.54) is 19.4 Å². The average molecular weight is 317 g/mol. The predicted molar refractivity (Wildman–Crippen MR) is 85.3 cm³/mol. The number of benzene rings is 1. The molecule has 3 N–H and O–H groups in total. The third kappa shape index (κ3) is 3.50. The molecule has 0 unspecified atom stereocenters. The zero-order valence-electron chi connectivity index (χ0n) is 13.5. The van der Waals surface area contributed by atoms with E-state index in [9.17, 15) is 9.90 Å². The van der Waals surface area contributed by atoms with Gasteiger partial charge in [0.25, 0.3) is 0 Å². The summed E-state index contributed by atoms with van der Waals surface area (Å²) in [6.45, 7) is 5.66. The molecule has 0 aliphatic rings. The number of rotatable bonds is 5. The number of ether oxygens (including phenoxy) is 2. The van der Waals surface area contributed by atoms with E-state index in [0.717, 1.165) is 5.56 Å². The van der Waals surface area contributed by atoms with Crippen molar-refractivity contribution >= 4 is 11.8 Å². The summed E-state index contributed by atoms with van der Waals surface area (Å²) >= 11 is 0. The Morgan fingerprint density at radius 1 is 1.26 bits per heavy atom. The number of aromatic carboxylic acids is 1. The molecule has 7 nitrogen and oxygen atoms in total. The minimum absolute atomic E-state index is 0.0125. The van der Waals surface area contributed by atoms with Gasteiger partial charge in [0.15, 0.2) is 11.6 Å². The van der Waals surface area contributed by atoms with Gasteiger partial charge >= 0.3 is 5.97 Å². The number of hydrogen-bond acceptors (Lipinski definition) is 6. The predicted octanol–water partition coefficient (Wildman–Crippen LogP) is 2.99. The summed E-state index contributed by atoms with van der Waals surface area (Å²) in [5.74, 6) is 0.655. The van der Waals surface area contributed by atoms with Gasteiger partial charge in [-0.05, 0) is 25.0 Å². The van der Waals surface area contributed by atoms with Crippen molar-refractivity contribution in [1.82, 2.24) is 9.97 Å². The van der Waals surface area contributed by atoms with E-state index >= 15 is 0 Å². The molecule has 0 radical (unpaired) electrons. The van der Waals surface area contributed by atoms with Crippen LogP contribution in [0.1, 0.15) is 41.5 Å². The van der Waals surface area contributed by atoms with E-state index in [1.54, 1.807) is 13.0 Å². The summed E-state index contributed by atoms with van der Waals surface area (Å²) < 4.78 is 10.9. The van der Waals surface area contributed by atoms with Gasteiger partial charge in [0, 0.05) is 5.56 Å². The van der Waals surface area contributed by atoms with Crippen LogP contribution in [0.3, 0.4) is 0 Å². The van der Waals surface area contributed by atoms with Crippen molar-refractivity contribution < 1.29 is 19.4 Å². The van der Waals surface area contributed by atoms with Crippen molar-refractivity contribution in [3.63, 3.8) is 0 Å². The molecule has 1 aromatic carbocycles. The summed E-state index contributed by atoms with van der Waals surface area (Å²) in [7, 11) is 1.43. The fraction of sp³-hybridized carbons (Fsp3) is 0.312. The minimum atomic E-state index is -1.10. The highest BCUT2D eigenvalue weighted by Crippen LogP contribution is 2.37. The highest BCUT2D eigenvalue weighted by atomic mass is 16.5. The van der Waals surface area contributed by atoms with E-state index in [2.05, 4.69) is 9.97 Å². The number of carboxylic acid groups (broad SMARTS) is 1. The Morgan fingerprint density at radius 3 is 2.48 bits per heavy atom. The lowest BCUT2D eigenvalue weighted by Crippen LogP contribution is -2.05. The number of anilines is 1. The maximum Gasteiger partial charge on any atom is 0.339 e. The van der Waals surface area contributed by atoms with Crippen LogP contribution in [-0.2, 0) is 0 Å². The Hall–Kier alpha value is -2.83. The number of aromatic nitrogens is 2. The first kappa shape index (κ1) is 16.5. The van der Waals surface area contributed by atoms with Crippen LogP contribution in [-0.4, -0.2) is 28.2 Å². The van der Waals surface area contributed by atoms with E-state index < -0.39 is 5.97 Å². The summed E-state index contributed by atoms with van der Waals surface area (Å²) in [5, 5.41) is 9.32. The van der Waals surface area contributed by atoms with Crippen molar-refractivity contribution in [2.24, 2.45) is 0 Å². The van der Waals surface area contributed by atoms with Crippen molar-refractivity contribution in [3.8, 4) is 17.2 Å². The molecule has 0 amide bonds. The zero-order chi connectivity index (χ0) is 17.1. The summed E-state index contributed by atoms with van der Waals surface area (Å²) in [6.07, 6.45) is 1.46. The maximum absolute atomic E-state index is 11.4. The van der Waals surface area contributed by atoms with Gasteiger partial charge in [-0.2, -0.15) is 0 Å². The van der Waals surface area contributed by atoms with E-state index in [4.69, 9.17) is 15.2 Å². The third-order valence-electron chi connectivity index (χ3n) is 3.31. The first-order valence-electron chi connectivity index (χ1n) is 7.05. The molecule has 0 fully saturated rings. The van der Waals surface area contributed by atoms with Gasteiger partial charge in [-0.15, -0.1) is 0 Å². The highest BCUT2D eigenvalue weighted by Gasteiger charge is 2.19. The fourth-order valence-corrected chi connectivity index (χ4v) is 2.12. The molecule has 122 valence electrons. The molecule has 1 heterocycles. The lowest BCUT2D eigenvalue weighted by molar-refractivity contribution is 0.0693. The van der Waals surface area contributed by atoms with Crippen molar-refractivity contribution in [2.75, 3.05) is 12.8 Å². The molecule has 23 heavy (non-hydrogen) atoms. The standard InChI is InChI=1S/C16H19N3O4/c1-8(2)10-5-12(22-4)11(16(20)21)6-13(10)23-14-7-18-9(3)19-15(14)17/h5-8H,1-4H3,(H,20,21)(H2,17,18,19). The molecular weight excluding hydrogens is 298 g/mol. The molecule has 7 heteroatoms. The zero-order valence-corrected chi connectivity index (χ0v) is 13.5. The molecule has 0 saturated carbocycles. The van der Waals surface area contributed by atoms with Crippen LogP contribution in [0, 0.1) is 6.92 Å². The number of nitrogens with two attached hydrogens (primary N) is 1. The van der Waals surface area contributed by atoms with Crippen LogP contribution in [0.15, 0.2) is 18.3 Å². The lowest BCUT2D eigenvalue weighted by Gasteiger charge is -2.17. The van der Waals surface area contributed by atoms with E-state index in [1.807, 2.05) is 13.8 Å². The molecule has 1 aromatic heterocycles. The quantitative estimate of drug-likeness (QED) is 0.872. The molecule has 0 spiro atoms. The number of hydrogen-bond donors (Lipinski definition) is 2. The van der Waals surface area contributed by atoms with Gasteiger partial charge in [-0.1, -0.05) is 13.8 Å². The molecule has 0 bridgehead atoms. The monoisotopic (exact) mass is 317 g/mol. The van der Waals surface area contributed by atoms with E-state index in [0.29, 0.717) is 11.6 Å². The Labute approximate surface area is 134 Å². The average Bonchev–Trinajstić information content (AvgIpc) is 2.49. The smallest absolute Gasteiger partial charge is 0.339 e. The van der Waals surface area contributed by atoms with Crippen molar-refractivity contribution in [2.45, 2.75) is 26.7 Å². The van der Waals surface area contributed by atoms with Crippen molar-refractivity contribution in [1.29, 1.82) is 0 Å². The van der Waals surface area contributed by atoms with Crippen molar-refractivity contribution in [3.05, 3.63) is 35.3 Å². The molecule has 2 aromatic rings. The Balaban J connectivity index is 2.55. The minimum Gasteiger partial charge on any atom is -0.496 e. The summed E-state index contributed by atoms with van der Waals surface area (Å²) in [5.41, 5.74) is 6.64. The van der Waals surface area contributed by atoms with Gasteiger partial charge in [0.05, 0.1) is 13.3 Å². The first-order valence-corrected chi connectivity index (χ1v) is 7.05. The second-order valence-electron chi connectivity index (χ2n) is 5.32. The van der Waals surface area contributed by atoms with Crippen LogP contribution in [0.25, 0.3) is 0 Å². The fourth-order valence-electron chi connectivity index (χ4n) is 2.12. The number of methoxy groups -OCH3 is 1. The number of carboxylic acids is 1. The second-order valence-corrected chi connectivity index (χ2v) is 5.32. The Bertz CT molecular complexity index is 744. The van der Waals surface area contributed by atoms with Crippen LogP contribution in [0.5, 0.6) is 17.2 Å². The third-order valence-corrected chi connectivity index (χ3v) is 3.31. The molecule has 2 rings (SSSR count).